The van der Waals surface area contributed by atoms with Crippen LogP contribution in [-0.2, 0) is 7.05 Å². The van der Waals surface area contributed by atoms with Crippen molar-refractivity contribution in [1.29, 1.82) is 5.26 Å². The molecular weight excluding hydrogens is 402 g/mol. The Morgan fingerprint density at radius 3 is 3.07 bits per heavy atom. The molecule has 9 heteroatoms. The van der Waals surface area contributed by atoms with Gasteiger partial charge in [0, 0.05) is 29.7 Å². The lowest BCUT2D eigenvalue weighted by Crippen LogP contribution is -2.34. The third-order valence-corrected chi connectivity index (χ3v) is 5.92. The summed E-state index contributed by atoms with van der Waals surface area (Å²) in [6.07, 6.45) is 4.08. The van der Waals surface area contributed by atoms with Crippen molar-refractivity contribution < 1.29 is 4.79 Å². The first kappa shape index (κ1) is 18.6. The molecule has 30 heavy (non-hydrogen) atoms. The van der Waals surface area contributed by atoms with Crippen molar-refractivity contribution in [3.63, 3.8) is 0 Å². The van der Waals surface area contributed by atoms with E-state index in [-0.39, 0.29) is 23.8 Å². The molecule has 1 aromatic carbocycles. The minimum Gasteiger partial charge on any atom is -0.349 e. The van der Waals surface area contributed by atoms with Gasteiger partial charge in [0.05, 0.1) is 29.3 Å². The van der Waals surface area contributed by atoms with Gasteiger partial charge in [0.25, 0.3) is 5.91 Å². The molecular formula is C21H18ClN7O. The number of carbonyl (C=O) groups is 1. The number of amides is 1. The number of fused-ring (bicyclic) bond motifs is 2. The number of H-pyrrole nitrogens is 1. The van der Waals surface area contributed by atoms with Crippen LogP contribution in [0.2, 0.25) is 5.02 Å². The third kappa shape index (κ3) is 2.99. The van der Waals surface area contributed by atoms with E-state index in [1.807, 2.05) is 32.2 Å². The van der Waals surface area contributed by atoms with Crippen molar-refractivity contribution in [3.05, 3.63) is 41.2 Å². The zero-order valence-electron chi connectivity index (χ0n) is 16.3. The average Bonchev–Trinajstić information content (AvgIpc) is 3.31. The fourth-order valence-electron chi connectivity index (χ4n) is 3.91. The predicted octanol–water partition coefficient (Wildman–Crippen LogP) is 3.44. The summed E-state index contributed by atoms with van der Waals surface area (Å²) < 4.78 is 1.75. The minimum atomic E-state index is -0.235. The summed E-state index contributed by atoms with van der Waals surface area (Å²) in [5, 5.41) is 18.1. The Bertz CT molecular complexity index is 1350. The molecule has 3 aromatic heterocycles. The Hall–Kier alpha value is -3.44. The summed E-state index contributed by atoms with van der Waals surface area (Å²) >= 11 is 6.12. The van der Waals surface area contributed by atoms with E-state index in [4.69, 9.17) is 21.8 Å². The van der Waals surface area contributed by atoms with Crippen molar-refractivity contribution in [2.24, 2.45) is 18.9 Å². The van der Waals surface area contributed by atoms with Crippen LogP contribution in [0.1, 0.15) is 23.7 Å². The summed E-state index contributed by atoms with van der Waals surface area (Å²) in [5.41, 5.74) is 3.57. The van der Waals surface area contributed by atoms with E-state index in [0.717, 1.165) is 17.3 Å². The number of aromatic nitrogens is 5. The summed E-state index contributed by atoms with van der Waals surface area (Å²) in [4.78, 5) is 25.0. The van der Waals surface area contributed by atoms with Gasteiger partial charge in [0.2, 0.25) is 0 Å². The van der Waals surface area contributed by atoms with Crippen LogP contribution in [0.25, 0.3) is 33.5 Å². The topological polar surface area (TPSA) is 112 Å². The van der Waals surface area contributed by atoms with Crippen LogP contribution >= 0.6 is 11.6 Å². The highest BCUT2D eigenvalue weighted by Crippen LogP contribution is 2.40. The average molecular weight is 420 g/mol. The van der Waals surface area contributed by atoms with E-state index in [1.54, 1.807) is 17.1 Å². The molecule has 0 bridgehead atoms. The van der Waals surface area contributed by atoms with E-state index < -0.39 is 0 Å². The molecule has 1 amide bonds. The molecule has 1 aliphatic rings. The summed E-state index contributed by atoms with van der Waals surface area (Å²) in [6, 6.07) is 7.74. The zero-order chi connectivity index (χ0) is 21.0. The second-order valence-electron chi connectivity index (χ2n) is 7.69. The second-order valence-corrected chi connectivity index (χ2v) is 8.12. The Morgan fingerprint density at radius 1 is 1.47 bits per heavy atom. The number of benzene rings is 1. The van der Waals surface area contributed by atoms with Crippen molar-refractivity contribution in [3.8, 4) is 17.5 Å². The van der Waals surface area contributed by atoms with E-state index in [1.165, 1.54) is 0 Å². The van der Waals surface area contributed by atoms with Crippen LogP contribution in [0.3, 0.4) is 0 Å². The fourth-order valence-corrected chi connectivity index (χ4v) is 4.07. The van der Waals surface area contributed by atoms with Crippen LogP contribution in [-0.4, -0.2) is 36.7 Å². The smallest absolute Gasteiger partial charge is 0.255 e. The lowest BCUT2D eigenvalue weighted by atomic mass is 10.1. The first-order valence-corrected chi connectivity index (χ1v) is 10.0. The number of carbonyl (C=O) groups excluding carboxylic acids is 1. The molecule has 0 unspecified atom stereocenters. The summed E-state index contributed by atoms with van der Waals surface area (Å²) in [5.74, 6) is -0.000406. The molecule has 1 aliphatic carbocycles. The first-order valence-electron chi connectivity index (χ1n) is 9.63. The molecule has 3 heterocycles. The molecule has 0 saturated heterocycles. The maximum atomic E-state index is 12.8. The molecule has 8 nitrogen and oxygen atoms in total. The van der Waals surface area contributed by atoms with Gasteiger partial charge in [-0.05, 0) is 37.5 Å². The predicted molar refractivity (Wildman–Crippen MR) is 113 cm³/mol. The number of hydrogen-bond acceptors (Lipinski definition) is 5. The van der Waals surface area contributed by atoms with Crippen LogP contribution in [0.5, 0.6) is 0 Å². The maximum absolute atomic E-state index is 12.8. The number of nitriles is 1. The monoisotopic (exact) mass is 419 g/mol. The van der Waals surface area contributed by atoms with Crippen LogP contribution < -0.4 is 5.32 Å². The van der Waals surface area contributed by atoms with Gasteiger partial charge in [-0.15, -0.1) is 0 Å². The van der Waals surface area contributed by atoms with Crippen LogP contribution in [0, 0.1) is 23.2 Å². The fraction of sp³-hybridized carbons (Fsp3) is 0.286. The summed E-state index contributed by atoms with van der Waals surface area (Å²) in [6.45, 7) is 1.93. The Balaban J connectivity index is 1.51. The van der Waals surface area contributed by atoms with Gasteiger partial charge in [-0.3, -0.25) is 9.48 Å². The normalized spacial score (nSPS) is 19.0. The highest BCUT2D eigenvalue weighted by Gasteiger charge is 2.42. The van der Waals surface area contributed by atoms with Crippen LogP contribution in [0.4, 0.5) is 0 Å². The second kappa shape index (κ2) is 6.82. The molecule has 3 atom stereocenters. The number of nitrogens with zero attached hydrogens (tertiary/aromatic N) is 5. The van der Waals surface area contributed by atoms with Gasteiger partial charge < -0.3 is 10.3 Å². The lowest BCUT2D eigenvalue weighted by Gasteiger charge is -2.12. The van der Waals surface area contributed by atoms with Crippen molar-refractivity contribution in [2.75, 3.05) is 0 Å². The molecule has 0 aliphatic heterocycles. The van der Waals surface area contributed by atoms with E-state index in [0.29, 0.717) is 33.1 Å². The quantitative estimate of drug-likeness (QED) is 0.526. The number of nitrogens with one attached hydrogen (secondary N) is 2. The standard InChI is InChI=1S/C21H18ClN7O/c1-10(14-5-11(14)7-23)26-21(30)15-8-24-20-19(15)27-16(9-25-20)18-13-4-3-12(22)6-17(13)29(2)28-18/h3-4,6,8-11,14H,5H2,1-2H3,(H,24,25)(H,26,30)/t10-,11-,14+/m1/s1. The highest BCUT2D eigenvalue weighted by atomic mass is 35.5. The van der Waals surface area contributed by atoms with Crippen LogP contribution in [0.15, 0.2) is 30.6 Å². The van der Waals surface area contributed by atoms with E-state index in [9.17, 15) is 4.79 Å². The van der Waals surface area contributed by atoms with E-state index >= 15 is 0 Å². The molecule has 4 aromatic rings. The maximum Gasteiger partial charge on any atom is 0.255 e. The molecule has 5 rings (SSSR count). The SMILES string of the molecule is C[C@@H](NC(=O)c1c[nH]c2ncc(-c3nn(C)c4cc(Cl)ccc34)nc12)[C@@H]1C[C@@H]1C#N. The molecule has 0 spiro atoms. The van der Waals surface area contributed by atoms with Gasteiger partial charge in [0.1, 0.15) is 16.9 Å². The summed E-state index contributed by atoms with van der Waals surface area (Å²) in [7, 11) is 1.84. The number of hydrogen-bond donors (Lipinski definition) is 2. The Labute approximate surface area is 176 Å². The Morgan fingerprint density at radius 2 is 2.30 bits per heavy atom. The Kier molecular flexibility index (Phi) is 4.22. The van der Waals surface area contributed by atoms with E-state index in [2.05, 4.69) is 26.5 Å². The highest BCUT2D eigenvalue weighted by molar-refractivity contribution is 6.31. The van der Waals surface area contributed by atoms with Gasteiger partial charge in [-0.2, -0.15) is 10.4 Å². The van der Waals surface area contributed by atoms with Crippen molar-refractivity contribution >= 4 is 39.6 Å². The number of aryl methyl sites for hydroxylation is 1. The first-order chi connectivity index (χ1) is 14.5. The van der Waals surface area contributed by atoms with Gasteiger partial charge in [-0.25, -0.2) is 9.97 Å². The largest absolute Gasteiger partial charge is 0.349 e. The number of halogens is 1. The number of aromatic amines is 1. The number of rotatable bonds is 4. The molecule has 1 fully saturated rings. The molecule has 0 radical (unpaired) electrons. The molecule has 150 valence electrons. The minimum absolute atomic E-state index is 0.0283. The lowest BCUT2D eigenvalue weighted by molar-refractivity contribution is 0.0937. The molecule has 1 saturated carbocycles. The van der Waals surface area contributed by atoms with Crippen molar-refractivity contribution in [2.45, 2.75) is 19.4 Å². The third-order valence-electron chi connectivity index (χ3n) is 5.69. The zero-order valence-corrected chi connectivity index (χ0v) is 17.1. The van der Waals surface area contributed by atoms with Gasteiger partial charge >= 0.3 is 0 Å². The molecule has 2 N–H and O–H groups in total. The van der Waals surface area contributed by atoms with Crippen molar-refractivity contribution in [1.82, 2.24) is 30.0 Å². The van der Waals surface area contributed by atoms with Gasteiger partial charge in [-0.1, -0.05) is 11.6 Å². The van der Waals surface area contributed by atoms with Gasteiger partial charge in [0.15, 0.2) is 5.65 Å².